The SMILES string of the molecule is COc1cc2c(cc1OC)[C@H](O)CCC2. The summed E-state index contributed by atoms with van der Waals surface area (Å²) in [4.78, 5) is 0. The van der Waals surface area contributed by atoms with Crippen LogP contribution >= 0.6 is 0 Å². The summed E-state index contributed by atoms with van der Waals surface area (Å²) in [5.74, 6) is 1.43. The Morgan fingerprint density at radius 2 is 1.87 bits per heavy atom. The number of aryl methyl sites for hydroxylation is 1. The van der Waals surface area contributed by atoms with Gasteiger partial charge in [-0.2, -0.15) is 0 Å². The Bertz CT molecular complexity index is 360. The molecular weight excluding hydrogens is 192 g/mol. The van der Waals surface area contributed by atoms with Gasteiger partial charge in [-0.25, -0.2) is 0 Å². The molecule has 0 spiro atoms. The molecule has 1 aromatic rings. The van der Waals surface area contributed by atoms with Crippen LogP contribution in [0, 0.1) is 0 Å². The Labute approximate surface area is 89.6 Å². The largest absolute Gasteiger partial charge is 0.493 e. The molecule has 0 unspecified atom stereocenters. The minimum Gasteiger partial charge on any atom is -0.493 e. The van der Waals surface area contributed by atoms with Crippen LogP contribution in [0.3, 0.4) is 0 Å². The number of fused-ring (bicyclic) bond motifs is 1. The van der Waals surface area contributed by atoms with Crippen LogP contribution in [-0.4, -0.2) is 19.3 Å². The molecule has 0 fully saturated rings. The lowest BCUT2D eigenvalue weighted by Crippen LogP contribution is -2.09. The predicted octanol–water partition coefficient (Wildman–Crippen LogP) is 2.07. The van der Waals surface area contributed by atoms with Crippen molar-refractivity contribution in [1.29, 1.82) is 0 Å². The third-order valence-corrected chi connectivity index (χ3v) is 2.93. The van der Waals surface area contributed by atoms with Crippen LogP contribution in [0.25, 0.3) is 0 Å². The van der Waals surface area contributed by atoms with E-state index in [9.17, 15) is 5.11 Å². The lowest BCUT2D eigenvalue weighted by Gasteiger charge is -2.23. The van der Waals surface area contributed by atoms with Gasteiger partial charge in [0.1, 0.15) is 0 Å². The molecule has 0 saturated carbocycles. The molecule has 1 aromatic carbocycles. The fourth-order valence-corrected chi connectivity index (χ4v) is 2.10. The predicted molar refractivity (Wildman–Crippen MR) is 57.4 cm³/mol. The van der Waals surface area contributed by atoms with Gasteiger partial charge in [0, 0.05) is 0 Å². The summed E-state index contributed by atoms with van der Waals surface area (Å²) in [6, 6.07) is 3.86. The summed E-state index contributed by atoms with van der Waals surface area (Å²) in [6.07, 6.45) is 2.52. The Morgan fingerprint density at radius 3 is 2.53 bits per heavy atom. The van der Waals surface area contributed by atoms with Gasteiger partial charge >= 0.3 is 0 Å². The summed E-state index contributed by atoms with van der Waals surface area (Å²) in [5, 5.41) is 9.85. The molecule has 0 amide bonds. The van der Waals surface area contributed by atoms with Crippen LogP contribution in [0.2, 0.25) is 0 Å². The van der Waals surface area contributed by atoms with E-state index >= 15 is 0 Å². The molecule has 1 aliphatic carbocycles. The van der Waals surface area contributed by atoms with Gasteiger partial charge in [-0.1, -0.05) is 0 Å². The maximum absolute atomic E-state index is 9.85. The molecular formula is C12H16O3. The molecule has 0 aromatic heterocycles. The lowest BCUT2D eigenvalue weighted by molar-refractivity contribution is 0.156. The second-order valence-electron chi connectivity index (χ2n) is 3.81. The highest BCUT2D eigenvalue weighted by molar-refractivity contribution is 5.48. The molecule has 15 heavy (non-hydrogen) atoms. The maximum atomic E-state index is 9.85. The summed E-state index contributed by atoms with van der Waals surface area (Å²) in [6.45, 7) is 0. The third-order valence-electron chi connectivity index (χ3n) is 2.93. The fourth-order valence-electron chi connectivity index (χ4n) is 2.10. The van der Waals surface area contributed by atoms with Crippen molar-refractivity contribution in [3.63, 3.8) is 0 Å². The van der Waals surface area contributed by atoms with E-state index in [0.29, 0.717) is 5.75 Å². The molecule has 0 bridgehead atoms. The number of rotatable bonds is 2. The van der Waals surface area contributed by atoms with Crippen LogP contribution in [0.5, 0.6) is 11.5 Å². The summed E-state index contributed by atoms with van der Waals surface area (Å²) < 4.78 is 10.4. The van der Waals surface area contributed by atoms with Crippen LogP contribution < -0.4 is 9.47 Å². The zero-order chi connectivity index (χ0) is 10.8. The minimum atomic E-state index is -0.353. The van der Waals surface area contributed by atoms with Gasteiger partial charge in [-0.15, -0.1) is 0 Å². The van der Waals surface area contributed by atoms with Gasteiger partial charge in [-0.05, 0) is 42.5 Å². The van der Waals surface area contributed by atoms with Crippen molar-refractivity contribution in [3.05, 3.63) is 23.3 Å². The first kappa shape index (κ1) is 10.3. The first-order chi connectivity index (χ1) is 7.26. The lowest BCUT2D eigenvalue weighted by atomic mass is 9.89. The van der Waals surface area contributed by atoms with Crippen molar-refractivity contribution in [3.8, 4) is 11.5 Å². The first-order valence-corrected chi connectivity index (χ1v) is 5.19. The van der Waals surface area contributed by atoms with Gasteiger partial charge in [0.15, 0.2) is 11.5 Å². The summed E-state index contributed by atoms with van der Waals surface area (Å²) in [5.41, 5.74) is 2.16. The molecule has 0 saturated heterocycles. The fraction of sp³-hybridized carbons (Fsp3) is 0.500. The molecule has 1 atom stereocenters. The Kier molecular flexibility index (Phi) is 2.82. The number of hydrogen-bond donors (Lipinski definition) is 1. The van der Waals surface area contributed by atoms with Crippen LogP contribution in [0.4, 0.5) is 0 Å². The van der Waals surface area contributed by atoms with E-state index in [0.717, 1.165) is 30.6 Å². The van der Waals surface area contributed by atoms with Gasteiger partial charge in [0.2, 0.25) is 0 Å². The average molecular weight is 208 g/mol. The highest BCUT2D eigenvalue weighted by Crippen LogP contribution is 2.37. The van der Waals surface area contributed by atoms with E-state index in [1.165, 1.54) is 5.56 Å². The second kappa shape index (κ2) is 4.11. The zero-order valence-corrected chi connectivity index (χ0v) is 9.12. The van der Waals surface area contributed by atoms with E-state index in [1.807, 2.05) is 12.1 Å². The monoisotopic (exact) mass is 208 g/mol. The molecule has 1 N–H and O–H groups in total. The number of methoxy groups -OCH3 is 2. The first-order valence-electron chi connectivity index (χ1n) is 5.19. The molecule has 0 radical (unpaired) electrons. The van der Waals surface area contributed by atoms with E-state index < -0.39 is 0 Å². The Hall–Kier alpha value is -1.22. The van der Waals surface area contributed by atoms with Crippen molar-refractivity contribution >= 4 is 0 Å². The minimum absolute atomic E-state index is 0.353. The topological polar surface area (TPSA) is 38.7 Å². The molecule has 2 rings (SSSR count). The highest BCUT2D eigenvalue weighted by Gasteiger charge is 2.20. The Morgan fingerprint density at radius 1 is 1.20 bits per heavy atom. The van der Waals surface area contributed by atoms with Crippen molar-refractivity contribution in [1.82, 2.24) is 0 Å². The Balaban J connectivity index is 2.48. The van der Waals surface area contributed by atoms with Crippen molar-refractivity contribution in [2.24, 2.45) is 0 Å². The van der Waals surface area contributed by atoms with E-state index in [-0.39, 0.29) is 6.10 Å². The van der Waals surface area contributed by atoms with Gasteiger partial charge in [0.05, 0.1) is 20.3 Å². The quantitative estimate of drug-likeness (QED) is 0.808. The van der Waals surface area contributed by atoms with Crippen molar-refractivity contribution < 1.29 is 14.6 Å². The summed E-state index contributed by atoms with van der Waals surface area (Å²) >= 11 is 0. The smallest absolute Gasteiger partial charge is 0.161 e. The second-order valence-corrected chi connectivity index (χ2v) is 3.81. The zero-order valence-electron chi connectivity index (χ0n) is 9.12. The normalized spacial score (nSPS) is 19.5. The molecule has 82 valence electrons. The highest BCUT2D eigenvalue weighted by atomic mass is 16.5. The standard InChI is InChI=1S/C12H16O3/c1-14-11-6-8-4-3-5-10(13)9(8)7-12(11)15-2/h6-7,10,13H,3-5H2,1-2H3/t10-/m1/s1. The van der Waals surface area contributed by atoms with Crippen LogP contribution in [0.15, 0.2) is 12.1 Å². The summed E-state index contributed by atoms with van der Waals surface area (Å²) in [7, 11) is 3.24. The van der Waals surface area contributed by atoms with E-state index in [4.69, 9.17) is 9.47 Å². The van der Waals surface area contributed by atoms with E-state index in [1.54, 1.807) is 14.2 Å². The average Bonchev–Trinajstić information content (AvgIpc) is 2.28. The molecule has 0 aliphatic heterocycles. The number of hydrogen-bond acceptors (Lipinski definition) is 3. The third kappa shape index (κ3) is 1.79. The van der Waals surface area contributed by atoms with Gasteiger partial charge in [0.25, 0.3) is 0 Å². The number of ether oxygens (including phenoxy) is 2. The van der Waals surface area contributed by atoms with Crippen molar-refractivity contribution in [2.45, 2.75) is 25.4 Å². The number of aliphatic hydroxyl groups is 1. The maximum Gasteiger partial charge on any atom is 0.161 e. The van der Waals surface area contributed by atoms with Crippen LogP contribution in [0.1, 0.15) is 30.1 Å². The van der Waals surface area contributed by atoms with E-state index in [2.05, 4.69) is 0 Å². The molecule has 1 aliphatic rings. The number of benzene rings is 1. The molecule has 0 heterocycles. The van der Waals surface area contributed by atoms with Crippen LogP contribution in [-0.2, 0) is 6.42 Å². The number of aliphatic hydroxyl groups excluding tert-OH is 1. The molecule has 3 heteroatoms. The molecule has 3 nitrogen and oxygen atoms in total. The van der Waals surface area contributed by atoms with Gasteiger partial charge in [-0.3, -0.25) is 0 Å². The van der Waals surface area contributed by atoms with Gasteiger partial charge < -0.3 is 14.6 Å². The van der Waals surface area contributed by atoms with Crippen molar-refractivity contribution in [2.75, 3.05) is 14.2 Å².